The van der Waals surface area contributed by atoms with Gasteiger partial charge >= 0.3 is 0 Å². The number of nitrogens with zero attached hydrogens (tertiary/aromatic N) is 3. The van der Waals surface area contributed by atoms with Gasteiger partial charge in [0.1, 0.15) is 5.82 Å². The van der Waals surface area contributed by atoms with Crippen LogP contribution in [0.4, 0.5) is 5.69 Å². The van der Waals surface area contributed by atoms with Crippen LogP contribution in [0.5, 0.6) is 0 Å². The van der Waals surface area contributed by atoms with Gasteiger partial charge in [-0.2, -0.15) is 0 Å². The van der Waals surface area contributed by atoms with Crippen molar-refractivity contribution in [1.29, 1.82) is 0 Å². The number of para-hydroxylation sites is 2. The van der Waals surface area contributed by atoms with Crippen LogP contribution in [0.2, 0.25) is 0 Å². The third-order valence-electron chi connectivity index (χ3n) is 5.61. The largest absolute Gasteiger partial charge is 0.308 e. The van der Waals surface area contributed by atoms with E-state index in [9.17, 15) is 9.59 Å². The van der Waals surface area contributed by atoms with E-state index >= 15 is 0 Å². The maximum Gasteiger partial charge on any atom is 0.266 e. The normalized spacial score (nSPS) is 14.5. The maximum absolute atomic E-state index is 13.5. The molecule has 4 aromatic rings. The summed E-state index contributed by atoms with van der Waals surface area (Å²) in [5.41, 5.74) is 4.49. The number of anilines is 1. The third kappa shape index (κ3) is 3.06. The molecule has 1 aromatic heterocycles. The first-order valence-corrected chi connectivity index (χ1v) is 10.3. The van der Waals surface area contributed by atoms with Crippen molar-refractivity contribution in [2.75, 3.05) is 11.4 Å². The molecule has 1 aliphatic heterocycles. The molecule has 0 atom stereocenters. The van der Waals surface area contributed by atoms with E-state index in [1.807, 2.05) is 80.6 Å². The number of aryl methyl sites for hydroxylation is 1. The Bertz CT molecular complexity index is 1430. The predicted octanol–water partition coefficient (Wildman–Crippen LogP) is 4.60. The first-order valence-electron chi connectivity index (χ1n) is 10.3. The van der Waals surface area contributed by atoms with E-state index in [-0.39, 0.29) is 11.5 Å². The molecular weight excluding hydrogens is 386 g/mol. The van der Waals surface area contributed by atoms with Crippen LogP contribution in [0.3, 0.4) is 0 Å². The second-order valence-corrected chi connectivity index (χ2v) is 7.59. The Morgan fingerprint density at radius 1 is 0.935 bits per heavy atom. The summed E-state index contributed by atoms with van der Waals surface area (Å²) in [6, 6.07) is 22.7. The summed E-state index contributed by atoms with van der Waals surface area (Å²) < 4.78 is 1.59. The molecule has 3 aromatic carbocycles. The van der Waals surface area contributed by atoms with Gasteiger partial charge in [-0.25, -0.2) is 4.98 Å². The van der Waals surface area contributed by atoms with Crippen LogP contribution >= 0.6 is 0 Å². The summed E-state index contributed by atoms with van der Waals surface area (Å²) in [5, 5.41) is 0.541. The lowest BCUT2D eigenvalue weighted by molar-refractivity contribution is -0.112. The van der Waals surface area contributed by atoms with Crippen molar-refractivity contribution in [3.8, 4) is 5.69 Å². The van der Waals surface area contributed by atoms with Gasteiger partial charge in [0.15, 0.2) is 0 Å². The van der Waals surface area contributed by atoms with Gasteiger partial charge in [-0.15, -0.1) is 0 Å². The Balaban J connectivity index is 1.82. The van der Waals surface area contributed by atoms with Crippen LogP contribution in [0, 0.1) is 6.92 Å². The second-order valence-electron chi connectivity index (χ2n) is 7.59. The smallest absolute Gasteiger partial charge is 0.266 e. The number of carbonyl (C=O) groups is 1. The average molecular weight is 407 g/mol. The van der Waals surface area contributed by atoms with Crippen molar-refractivity contribution in [3.63, 3.8) is 0 Å². The SMILES string of the molecule is CCN1C(=O)/C(=C\c2nc3ccccc3c(=O)n2-c2cccc(C)c2)c2ccccc21. The van der Waals surface area contributed by atoms with Gasteiger partial charge in [0, 0.05) is 12.1 Å². The van der Waals surface area contributed by atoms with Gasteiger partial charge in [0.25, 0.3) is 11.5 Å². The van der Waals surface area contributed by atoms with Gasteiger partial charge in [-0.05, 0) is 55.8 Å². The number of hydrogen-bond donors (Lipinski definition) is 0. The number of fused-ring (bicyclic) bond motifs is 2. The summed E-state index contributed by atoms with van der Waals surface area (Å²) >= 11 is 0. The molecule has 31 heavy (non-hydrogen) atoms. The highest BCUT2D eigenvalue weighted by atomic mass is 16.2. The molecule has 1 aliphatic rings. The van der Waals surface area contributed by atoms with Crippen LogP contribution < -0.4 is 10.5 Å². The Labute approximate surface area is 179 Å². The summed E-state index contributed by atoms with van der Waals surface area (Å²) in [7, 11) is 0. The monoisotopic (exact) mass is 407 g/mol. The van der Waals surface area contributed by atoms with Gasteiger partial charge < -0.3 is 4.90 Å². The maximum atomic E-state index is 13.5. The summed E-state index contributed by atoms with van der Waals surface area (Å²) in [6.07, 6.45) is 1.74. The van der Waals surface area contributed by atoms with E-state index in [2.05, 4.69) is 0 Å². The van der Waals surface area contributed by atoms with Crippen LogP contribution in [0.15, 0.2) is 77.6 Å². The standard InChI is InChI=1S/C26H21N3O2/c1-3-28-23-14-7-5-11-19(23)21(25(28)30)16-24-27-22-13-6-4-12-20(22)26(31)29(24)18-10-8-9-17(2)15-18/h4-16H,3H2,1-2H3/b21-16-. The lowest BCUT2D eigenvalue weighted by Crippen LogP contribution is -2.26. The van der Waals surface area contributed by atoms with Crippen molar-refractivity contribution in [2.45, 2.75) is 13.8 Å². The minimum atomic E-state index is -0.158. The van der Waals surface area contributed by atoms with Crippen molar-refractivity contribution in [1.82, 2.24) is 9.55 Å². The quantitative estimate of drug-likeness (QED) is 0.467. The number of aromatic nitrogens is 2. The molecule has 0 bridgehead atoms. The zero-order valence-electron chi connectivity index (χ0n) is 17.4. The van der Waals surface area contributed by atoms with Crippen LogP contribution in [0.1, 0.15) is 23.9 Å². The third-order valence-corrected chi connectivity index (χ3v) is 5.61. The molecule has 5 heteroatoms. The molecule has 0 spiro atoms. The molecule has 0 fully saturated rings. The van der Waals surface area contributed by atoms with E-state index < -0.39 is 0 Å². The average Bonchev–Trinajstić information content (AvgIpc) is 3.05. The van der Waals surface area contributed by atoms with E-state index in [0.717, 1.165) is 22.5 Å². The number of benzene rings is 3. The minimum Gasteiger partial charge on any atom is -0.308 e. The highest BCUT2D eigenvalue weighted by molar-refractivity contribution is 6.35. The van der Waals surface area contributed by atoms with E-state index in [4.69, 9.17) is 4.98 Å². The highest BCUT2D eigenvalue weighted by Gasteiger charge is 2.31. The molecule has 0 saturated carbocycles. The first-order chi connectivity index (χ1) is 15.1. The molecule has 0 aliphatic carbocycles. The Kier molecular flexibility index (Phi) is 4.51. The molecule has 1 amide bonds. The molecule has 0 radical (unpaired) electrons. The zero-order valence-corrected chi connectivity index (χ0v) is 17.4. The van der Waals surface area contributed by atoms with Gasteiger partial charge in [-0.1, -0.05) is 42.5 Å². The summed E-state index contributed by atoms with van der Waals surface area (Å²) in [6.45, 7) is 4.51. The van der Waals surface area contributed by atoms with E-state index in [1.165, 1.54) is 0 Å². The fourth-order valence-corrected chi connectivity index (χ4v) is 4.15. The molecular formula is C26H21N3O2. The van der Waals surface area contributed by atoms with Crippen molar-refractivity contribution in [2.24, 2.45) is 0 Å². The first kappa shape index (κ1) is 19.0. The topological polar surface area (TPSA) is 55.2 Å². The number of hydrogen-bond acceptors (Lipinski definition) is 3. The number of amides is 1. The van der Waals surface area contributed by atoms with Gasteiger partial charge in [-0.3, -0.25) is 14.2 Å². The summed E-state index contributed by atoms with van der Waals surface area (Å²) in [5.74, 6) is 0.354. The molecule has 0 N–H and O–H groups in total. The number of likely N-dealkylation sites (N-methyl/N-ethyl adjacent to an activating group) is 1. The Morgan fingerprint density at radius 3 is 2.52 bits per heavy atom. The second kappa shape index (κ2) is 7.36. The van der Waals surface area contributed by atoms with Gasteiger partial charge in [0.2, 0.25) is 0 Å². The van der Waals surface area contributed by atoms with Crippen molar-refractivity contribution >= 4 is 34.1 Å². The van der Waals surface area contributed by atoms with Crippen molar-refractivity contribution < 1.29 is 4.79 Å². The van der Waals surface area contributed by atoms with Gasteiger partial charge in [0.05, 0.1) is 27.9 Å². The predicted molar refractivity (Wildman–Crippen MR) is 124 cm³/mol. The van der Waals surface area contributed by atoms with Crippen LogP contribution in [-0.2, 0) is 4.79 Å². The van der Waals surface area contributed by atoms with Crippen LogP contribution in [-0.4, -0.2) is 22.0 Å². The highest BCUT2D eigenvalue weighted by Crippen LogP contribution is 2.37. The van der Waals surface area contributed by atoms with E-state index in [0.29, 0.717) is 28.8 Å². The van der Waals surface area contributed by atoms with Crippen molar-refractivity contribution in [3.05, 3.63) is 100 Å². The lowest BCUT2D eigenvalue weighted by Gasteiger charge is -2.14. The molecule has 152 valence electrons. The Morgan fingerprint density at radius 2 is 1.71 bits per heavy atom. The van der Waals surface area contributed by atoms with Crippen LogP contribution in [0.25, 0.3) is 28.2 Å². The zero-order chi connectivity index (χ0) is 21.5. The molecule has 0 unspecified atom stereocenters. The Hall–Kier alpha value is -3.99. The number of rotatable bonds is 3. The lowest BCUT2D eigenvalue weighted by atomic mass is 10.1. The fourth-order valence-electron chi connectivity index (χ4n) is 4.15. The summed E-state index contributed by atoms with van der Waals surface area (Å²) in [4.78, 5) is 33.2. The fraction of sp³-hybridized carbons (Fsp3) is 0.115. The molecule has 5 nitrogen and oxygen atoms in total. The number of carbonyl (C=O) groups excluding carboxylic acids is 1. The molecule has 2 heterocycles. The minimum absolute atomic E-state index is 0.0816. The van der Waals surface area contributed by atoms with E-state index in [1.54, 1.807) is 21.6 Å². The molecule has 5 rings (SSSR count). The molecule has 0 saturated heterocycles.